The van der Waals surface area contributed by atoms with Crippen molar-refractivity contribution in [2.75, 3.05) is 19.9 Å². The van der Waals surface area contributed by atoms with E-state index in [1.807, 2.05) is 18.2 Å². The quantitative estimate of drug-likeness (QED) is 0.921. The van der Waals surface area contributed by atoms with Gasteiger partial charge in [0.25, 0.3) is 0 Å². The normalized spacial score (nSPS) is 20.8. The number of aromatic nitrogens is 2. The van der Waals surface area contributed by atoms with Crippen LogP contribution < -0.4 is 9.47 Å². The summed E-state index contributed by atoms with van der Waals surface area (Å²) >= 11 is 0. The number of ether oxygens (including phenoxy) is 2. The molecule has 0 saturated carbocycles. The van der Waals surface area contributed by atoms with Crippen molar-refractivity contribution >= 4 is 0 Å². The molecule has 1 N–H and O–H groups in total. The molecule has 2 aromatic rings. The first kappa shape index (κ1) is 14.5. The van der Waals surface area contributed by atoms with Gasteiger partial charge in [0.1, 0.15) is 0 Å². The Hall–Kier alpha value is -2.12. The number of rotatable bonds is 4. The Morgan fingerprint density at radius 3 is 3.04 bits per heavy atom. The van der Waals surface area contributed by atoms with Crippen LogP contribution in [0.15, 0.2) is 22.7 Å². The lowest BCUT2D eigenvalue weighted by molar-refractivity contribution is 0.0749. The Balaban J connectivity index is 1.50. The summed E-state index contributed by atoms with van der Waals surface area (Å²) in [5, 5.41) is 13.5. The molecule has 4 rings (SSSR count). The van der Waals surface area contributed by atoms with E-state index < -0.39 is 0 Å². The second kappa shape index (κ2) is 6.17. The van der Waals surface area contributed by atoms with E-state index in [9.17, 15) is 5.11 Å². The largest absolute Gasteiger partial charge is 0.454 e. The first-order valence-electron chi connectivity index (χ1n) is 7.91. The van der Waals surface area contributed by atoms with E-state index in [-0.39, 0.29) is 19.4 Å². The monoisotopic (exact) mass is 317 g/mol. The van der Waals surface area contributed by atoms with Crippen LogP contribution in [0.1, 0.15) is 25.2 Å². The van der Waals surface area contributed by atoms with Gasteiger partial charge in [-0.2, -0.15) is 4.98 Å². The molecule has 1 fully saturated rings. The predicted octanol–water partition coefficient (Wildman–Crippen LogP) is 1.81. The molecule has 2 aliphatic heterocycles. The molecule has 1 aromatic heterocycles. The highest BCUT2D eigenvalue weighted by Gasteiger charge is 2.24. The molecule has 1 aromatic carbocycles. The van der Waals surface area contributed by atoms with Crippen LogP contribution in [0.5, 0.6) is 11.5 Å². The van der Waals surface area contributed by atoms with Crippen molar-refractivity contribution in [1.29, 1.82) is 0 Å². The average molecular weight is 317 g/mol. The molecular formula is C16H19N3O4. The fraction of sp³-hybridized carbons (Fsp3) is 0.500. The molecule has 7 heteroatoms. The molecule has 0 spiro atoms. The molecule has 2 aliphatic rings. The Bertz CT molecular complexity index is 688. The lowest BCUT2D eigenvalue weighted by atomic mass is 10.0. The smallest absolute Gasteiger partial charge is 0.241 e. The van der Waals surface area contributed by atoms with E-state index in [1.54, 1.807) is 0 Å². The zero-order valence-corrected chi connectivity index (χ0v) is 12.8. The lowest BCUT2D eigenvalue weighted by Crippen LogP contribution is -2.41. The van der Waals surface area contributed by atoms with E-state index >= 15 is 0 Å². The van der Waals surface area contributed by atoms with Crippen molar-refractivity contribution in [3.63, 3.8) is 0 Å². The first-order valence-corrected chi connectivity index (χ1v) is 7.91. The van der Waals surface area contributed by atoms with Gasteiger partial charge in [-0.1, -0.05) is 11.6 Å². The SMILES string of the molecule is OC[C@H]1CCCCN1Cc1nc(-c2ccc3c(c2)OCO3)no1. The van der Waals surface area contributed by atoms with Crippen LogP contribution in [0, 0.1) is 0 Å². The average Bonchev–Trinajstić information content (AvgIpc) is 3.23. The van der Waals surface area contributed by atoms with Crippen LogP contribution in [0.3, 0.4) is 0 Å². The van der Waals surface area contributed by atoms with Crippen LogP contribution in [-0.2, 0) is 6.54 Å². The minimum absolute atomic E-state index is 0.170. The van der Waals surface area contributed by atoms with Gasteiger partial charge in [-0.15, -0.1) is 0 Å². The molecule has 7 nitrogen and oxygen atoms in total. The molecular weight excluding hydrogens is 298 g/mol. The molecule has 0 unspecified atom stereocenters. The van der Waals surface area contributed by atoms with Crippen molar-refractivity contribution in [3.05, 3.63) is 24.1 Å². The van der Waals surface area contributed by atoms with Crippen LogP contribution in [0.25, 0.3) is 11.4 Å². The Morgan fingerprint density at radius 2 is 2.13 bits per heavy atom. The number of aliphatic hydroxyl groups excluding tert-OH is 1. The highest BCUT2D eigenvalue weighted by atomic mass is 16.7. The third-order valence-corrected chi connectivity index (χ3v) is 4.40. The van der Waals surface area contributed by atoms with Gasteiger partial charge in [-0.3, -0.25) is 4.90 Å². The van der Waals surface area contributed by atoms with Crippen LogP contribution in [0.2, 0.25) is 0 Å². The maximum atomic E-state index is 9.48. The first-order chi connectivity index (χ1) is 11.3. The number of benzene rings is 1. The fourth-order valence-corrected chi connectivity index (χ4v) is 3.12. The van der Waals surface area contributed by atoms with Crippen LogP contribution in [0.4, 0.5) is 0 Å². The number of hydrogen-bond acceptors (Lipinski definition) is 7. The maximum absolute atomic E-state index is 9.48. The molecule has 3 heterocycles. The standard InChI is InChI=1S/C16H19N3O4/c20-9-12-3-1-2-6-19(12)8-15-17-16(18-23-15)11-4-5-13-14(7-11)22-10-21-13/h4-5,7,12,20H,1-3,6,8-10H2/t12-/m1/s1. The fourth-order valence-electron chi connectivity index (χ4n) is 3.12. The van der Waals surface area contributed by atoms with Crippen LogP contribution in [-0.4, -0.2) is 46.1 Å². The predicted molar refractivity (Wildman–Crippen MR) is 81.0 cm³/mol. The highest BCUT2D eigenvalue weighted by molar-refractivity contribution is 5.61. The summed E-state index contributed by atoms with van der Waals surface area (Å²) in [4.78, 5) is 6.68. The minimum Gasteiger partial charge on any atom is -0.454 e. The second-order valence-corrected chi connectivity index (χ2v) is 5.88. The zero-order chi connectivity index (χ0) is 15.6. The van der Waals surface area contributed by atoms with Gasteiger partial charge >= 0.3 is 0 Å². The van der Waals surface area contributed by atoms with Gasteiger partial charge < -0.3 is 19.1 Å². The molecule has 0 bridgehead atoms. The topological polar surface area (TPSA) is 80.9 Å². The van der Waals surface area contributed by atoms with Gasteiger partial charge in [-0.25, -0.2) is 0 Å². The number of aliphatic hydroxyl groups is 1. The maximum Gasteiger partial charge on any atom is 0.241 e. The van der Waals surface area contributed by atoms with E-state index in [0.717, 1.165) is 37.1 Å². The molecule has 1 atom stereocenters. The van der Waals surface area contributed by atoms with Gasteiger partial charge in [0.2, 0.25) is 18.5 Å². The summed E-state index contributed by atoms with van der Waals surface area (Å²) in [6.07, 6.45) is 3.31. The second-order valence-electron chi connectivity index (χ2n) is 5.88. The summed E-state index contributed by atoms with van der Waals surface area (Å²) in [7, 11) is 0. The van der Waals surface area contributed by atoms with Gasteiger partial charge in [0, 0.05) is 11.6 Å². The summed E-state index contributed by atoms with van der Waals surface area (Å²) in [5.41, 5.74) is 0.835. The Morgan fingerprint density at radius 1 is 1.22 bits per heavy atom. The van der Waals surface area contributed by atoms with E-state index in [2.05, 4.69) is 15.0 Å². The van der Waals surface area contributed by atoms with Gasteiger partial charge in [0.05, 0.1) is 13.2 Å². The number of nitrogens with zero attached hydrogens (tertiary/aromatic N) is 3. The van der Waals surface area contributed by atoms with Crippen molar-refractivity contribution < 1.29 is 19.1 Å². The Kier molecular flexibility index (Phi) is 3.88. The number of piperidine rings is 1. The third-order valence-electron chi connectivity index (χ3n) is 4.40. The van der Waals surface area contributed by atoms with E-state index in [0.29, 0.717) is 24.0 Å². The van der Waals surface area contributed by atoms with Gasteiger partial charge in [-0.05, 0) is 37.6 Å². The minimum atomic E-state index is 0.170. The van der Waals surface area contributed by atoms with Crippen molar-refractivity contribution in [2.45, 2.75) is 31.8 Å². The molecule has 0 radical (unpaired) electrons. The zero-order valence-electron chi connectivity index (χ0n) is 12.8. The summed E-state index contributed by atoms with van der Waals surface area (Å²) in [6.45, 7) is 1.94. The number of fused-ring (bicyclic) bond motifs is 1. The van der Waals surface area contributed by atoms with Crippen molar-refractivity contribution in [2.24, 2.45) is 0 Å². The van der Waals surface area contributed by atoms with E-state index in [1.165, 1.54) is 0 Å². The highest BCUT2D eigenvalue weighted by Crippen LogP contribution is 2.35. The third kappa shape index (κ3) is 2.89. The number of likely N-dealkylation sites (tertiary alicyclic amines) is 1. The Labute approximate surface area is 133 Å². The van der Waals surface area contributed by atoms with Crippen LogP contribution >= 0.6 is 0 Å². The number of hydrogen-bond donors (Lipinski definition) is 1. The molecule has 0 aliphatic carbocycles. The van der Waals surface area contributed by atoms with Crippen molar-refractivity contribution in [3.8, 4) is 22.9 Å². The van der Waals surface area contributed by atoms with E-state index in [4.69, 9.17) is 14.0 Å². The van der Waals surface area contributed by atoms with Gasteiger partial charge in [0.15, 0.2) is 11.5 Å². The molecule has 23 heavy (non-hydrogen) atoms. The summed E-state index contributed by atoms with van der Waals surface area (Å²) in [5.74, 6) is 2.54. The molecule has 1 saturated heterocycles. The molecule has 0 amide bonds. The lowest BCUT2D eigenvalue weighted by Gasteiger charge is -2.33. The summed E-state index contributed by atoms with van der Waals surface area (Å²) < 4.78 is 16.1. The molecule has 122 valence electrons. The van der Waals surface area contributed by atoms with Crippen molar-refractivity contribution in [1.82, 2.24) is 15.0 Å². The summed E-state index contributed by atoms with van der Waals surface area (Å²) in [6, 6.07) is 5.78.